The van der Waals surface area contributed by atoms with E-state index in [4.69, 9.17) is 14.2 Å². The van der Waals surface area contributed by atoms with Gasteiger partial charge in [0, 0.05) is 40.3 Å². The predicted octanol–water partition coefficient (Wildman–Crippen LogP) is 1.97. The minimum Gasteiger partial charge on any atom is -0.493 e. The minimum absolute atomic E-state index is 0. The maximum Gasteiger partial charge on any atom is 0.243 e. The lowest BCUT2D eigenvalue weighted by Crippen LogP contribution is -2.47. The van der Waals surface area contributed by atoms with Gasteiger partial charge in [-0.25, -0.2) is 4.99 Å². The molecule has 9 nitrogen and oxygen atoms in total. The second-order valence-corrected chi connectivity index (χ2v) is 8.39. The summed E-state index contributed by atoms with van der Waals surface area (Å²) in [4.78, 5) is 20.5. The zero-order chi connectivity index (χ0) is 23.5. The summed E-state index contributed by atoms with van der Waals surface area (Å²) in [6.07, 6.45) is 0. The van der Waals surface area contributed by atoms with Gasteiger partial charge in [-0.3, -0.25) is 9.69 Å². The molecule has 1 aliphatic heterocycles. The van der Waals surface area contributed by atoms with Gasteiger partial charge >= 0.3 is 0 Å². The third-order valence-electron chi connectivity index (χ3n) is 5.29. The number of ether oxygens (including phenoxy) is 3. The molecule has 1 unspecified atom stereocenters. The van der Waals surface area contributed by atoms with Gasteiger partial charge in [-0.15, -0.1) is 24.0 Å². The molecule has 1 aromatic rings. The lowest BCUT2D eigenvalue weighted by molar-refractivity contribution is -0.127. The van der Waals surface area contributed by atoms with Gasteiger partial charge in [0.2, 0.25) is 5.91 Å². The number of guanidine groups is 1. The van der Waals surface area contributed by atoms with Crippen LogP contribution in [0.3, 0.4) is 0 Å². The van der Waals surface area contributed by atoms with E-state index < -0.39 is 0 Å². The maximum absolute atomic E-state index is 12.0. The molecule has 0 aliphatic carbocycles. The Morgan fingerprint density at radius 1 is 1.12 bits per heavy atom. The molecule has 2 rings (SSSR count). The number of methoxy groups -OCH3 is 2. The number of benzene rings is 1. The Morgan fingerprint density at radius 2 is 1.76 bits per heavy atom. The molecule has 2 N–H and O–H groups in total. The Labute approximate surface area is 215 Å². The van der Waals surface area contributed by atoms with Crippen LogP contribution in [0.4, 0.5) is 0 Å². The molecule has 1 fully saturated rings. The van der Waals surface area contributed by atoms with Gasteiger partial charge in [0.15, 0.2) is 17.5 Å². The van der Waals surface area contributed by atoms with Gasteiger partial charge in [0.05, 0.1) is 33.5 Å². The number of carbonyl (C=O) groups excluding carboxylic acids is 1. The zero-order valence-electron chi connectivity index (χ0n) is 20.7. The van der Waals surface area contributed by atoms with E-state index in [0.717, 1.165) is 25.2 Å². The van der Waals surface area contributed by atoms with Crippen molar-refractivity contribution in [1.29, 1.82) is 0 Å². The van der Waals surface area contributed by atoms with Crippen molar-refractivity contribution in [3.05, 3.63) is 23.8 Å². The maximum atomic E-state index is 12.0. The highest BCUT2D eigenvalue weighted by molar-refractivity contribution is 14.0. The molecule has 1 saturated heterocycles. The smallest absolute Gasteiger partial charge is 0.243 e. The normalized spacial score (nSPS) is 15.4. The van der Waals surface area contributed by atoms with Crippen LogP contribution < -0.4 is 20.1 Å². The lowest BCUT2D eigenvalue weighted by Gasteiger charge is -2.35. The number of hydrogen-bond acceptors (Lipinski definition) is 6. The summed E-state index contributed by atoms with van der Waals surface area (Å²) in [5, 5.41) is 6.79. The quantitative estimate of drug-likeness (QED) is 0.250. The Balaban J connectivity index is 0.00000544. The van der Waals surface area contributed by atoms with E-state index in [1.807, 2.05) is 12.1 Å². The van der Waals surface area contributed by atoms with E-state index in [-0.39, 0.29) is 42.5 Å². The number of hydrogen-bond donors (Lipinski definition) is 2. The Kier molecular flexibility index (Phi) is 13.4. The molecule has 10 heteroatoms. The summed E-state index contributed by atoms with van der Waals surface area (Å²) >= 11 is 0. The summed E-state index contributed by atoms with van der Waals surface area (Å²) in [5.41, 5.74) is 1.12. The van der Waals surface area contributed by atoms with Gasteiger partial charge in [0.1, 0.15) is 6.54 Å². The second kappa shape index (κ2) is 15.2. The number of amides is 1. The Morgan fingerprint density at radius 3 is 2.33 bits per heavy atom. The molecular weight excluding hydrogens is 537 g/mol. The summed E-state index contributed by atoms with van der Waals surface area (Å²) in [5.74, 6) is 2.44. The molecule has 0 spiro atoms. The third-order valence-corrected chi connectivity index (χ3v) is 5.29. The first-order valence-corrected chi connectivity index (χ1v) is 11.1. The molecule has 1 aromatic carbocycles. The van der Waals surface area contributed by atoms with E-state index in [1.165, 1.54) is 0 Å². The Bertz CT molecular complexity index is 754. The van der Waals surface area contributed by atoms with Crippen LogP contribution in [0, 0.1) is 5.92 Å². The largest absolute Gasteiger partial charge is 0.493 e. The van der Waals surface area contributed by atoms with Crippen LogP contribution >= 0.6 is 24.0 Å². The lowest BCUT2D eigenvalue weighted by atomic mass is 10.0. The van der Waals surface area contributed by atoms with Crippen molar-refractivity contribution in [2.24, 2.45) is 10.9 Å². The van der Waals surface area contributed by atoms with Crippen molar-refractivity contribution in [3.63, 3.8) is 0 Å². The van der Waals surface area contributed by atoms with Crippen LogP contribution in [0.15, 0.2) is 23.2 Å². The molecular formula is C23H40IN5O4. The van der Waals surface area contributed by atoms with Gasteiger partial charge in [-0.2, -0.15) is 0 Å². The molecule has 33 heavy (non-hydrogen) atoms. The topological polar surface area (TPSA) is 87.7 Å². The highest BCUT2D eigenvalue weighted by Gasteiger charge is 2.24. The summed E-state index contributed by atoms with van der Waals surface area (Å²) in [6, 6.07) is 6.10. The first kappa shape index (κ1) is 29.2. The van der Waals surface area contributed by atoms with Crippen molar-refractivity contribution in [2.45, 2.75) is 19.9 Å². The van der Waals surface area contributed by atoms with E-state index in [1.54, 1.807) is 33.2 Å². The summed E-state index contributed by atoms with van der Waals surface area (Å²) in [7, 11) is 6.75. The van der Waals surface area contributed by atoms with Crippen molar-refractivity contribution >= 4 is 35.8 Å². The minimum atomic E-state index is -0.0414. The van der Waals surface area contributed by atoms with Gasteiger partial charge in [-0.1, -0.05) is 19.9 Å². The fourth-order valence-electron chi connectivity index (χ4n) is 3.36. The van der Waals surface area contributed by atoms with Crippen LogP contribution in [0.5, 0.6) is 11.5 Å². The number of likely N-dealkylation sites (N-methyl/N-ethyl adjacent to an activating group) is 1. The molecule has 1 heterocycles. The molecule has 1 aliphatic rings. The first-order valence-electron chi connectivity index (χ1n) is 11.1. The zero-order valence-corrected chi connectivity index (χ0v) is 23.0. The van der Waals surface area contributed by atoms with E-state index in [2.05, 4.69) is 40.4 Å². The number of carbonyl (C=O) groups is 1. The SMILES string of the molecule is COc1ccc(C(CNC(=NCC(=O)N(C)C)NCC(C)C)N2CCOCC2)cc1OC.I. The summed E-state index contributed by atoms with van der Waals surface area (Å²) < 4.78 is 16.5. The number of rotatable bonds is 10. The van der Waals surface area contributed by atoms with E-state index >= 15 is 0 Å². The molecule has 0 radical (unpaired) electrons. The van der Waals surface area contributed by atoms with E-state index in [0.29, 0.717) is 43.1 Å². The van der Waals surface area contributed by atoms with Crippen LogP contribution in [-0.4, -0.2) is 95.9 Å². The van der Waals surface area contributed by atoms with Gasteiger partial charge in [0.25, 0.3) is 0 Å². The van der Waals surface area contributed by atoms with Crippen molar-refractivity contribution in [1.82, 2.24) is 20.4 Å². The average molecular weight is 578 g/mol. The van der Waals surface area contributed by atoms with Crippen LogP contribution in [0.25, 0.3) is 0 Å². The fourth-order valence-corrected chi connectivity index (χ4v) is 3.36. The van der Waals surface area contributed by atoms with Crippen LogP contribution in [0.1, 0.15) is 25.5 Å². The van der Waals surface area contributed by atoms with Crippen molar-refractivity contribution in [2.75, 3.05) is 74.3 Å². The van der Waals surface area contributed by atoms with Crippen molar-refractivity contribution in [3.8, 4) is 11.5 Å². The predicted molar refractivity (Wildman–Crippen MR) is 142 cm³/mol. The Hall–Kier alpha value is -1.79. The molecule has 0 bridgehead atoms. The molecule has 0 aromatic heterocycles. The average Bonchev–Trinajstić information content (AvgIpc) is 2.80. The monoisotopic (exact) mass is 577 g/mol. The highest BCUT2D eigenvalue weighted by Crippen LogP contribution is 2.32. The van der Waals surface area contributed by atoms with Crippen LogP contribution in [0.2, 0.25) is 0 Å². The standard InChI is InChI=1S/C23H39N5O4.HI/c1-17(2)14-24-23(26-16-22(29)27(3)4)25-15-19(28-9-11-32-12-10-28)18-7-8-20(30-5)21(13-18)31-6;/h7-8,13,17,19H,9-12,14-16H2,1-6H3,(H2,24,25,26);1H. The highest BCUT2D eigenvalue weighted by atomic mass is 127. The molecule has 188 valence electrons. The van der Waals surface area contributed by atoms with Gasteiger partial charge in [-0.05, 0) is 23.6 Å². The van der Waals surface area contributed by atoms with Gasteiger partial charge < -0.3 is 29.7 Å². The molecule has 1 atom stereocenters. The number of morpholine rings is 1. The number of aliphatic imine (C=N–C) groups is 1. The van der Waals surface area contributed by atoms with Crippen molar-refractivity contribution < 1.29 is 19.0 Å². The number of nitrogens with zero attached hydrogens (tertiary/aromatic N) is 3. The second-order valence-electron chi connectivity index (χ2n) is 8.39. The number of nitrogens with one attached hydrogen (secondary N) is 2. The van der Waals surface area contributed by atoms with Crippen LogP contribution in [-0.2, 0) is 9.53 Å². The molecule has 0 saturated carbocycles. The summed E-state index contributed by atoms with van der Waals surface area (Å²) in [6.45, 7) is 8.83. The fraction of sp³-hybridized carbons (Fsp3) is 0.652. The first-order chi connectivity index (χ1) is 15.3. The molecule has 1 amide bonds. The van der Waals surface area contributed by atoms with E-state index in [9.17, 15) is 4.79 Å². The third kappa shape index (κ3) is 9.54. The number of halogens is 1.